The van der Waals surface area contributed by atoms with E-state index in [0.29, 0.717) is 6.54 Å². The van der Waals surface area contributed by atoms with Crippen molar-refractivity contribution < 1.29 is 5.11 Å². The molecule has 2 N–H and O–H groups in total. The molecule has 4 nitrogen and oxygen atoms in total. The predicted octanol–water partition coefficient (Wildman–Crippen LogP) is 0.936. The van der Waals surface area contributed by atoms with Gasteiger partial charge >= 0.3 is 0 Å². The van der Waals surface area contributed by atoms with E-state index in [2.05, 4.69) is 21.3 Å². The number of aliphatic hydroxyl groups is 1. The SMILES string of the molecule is Cc1ncccc1CNCC(O)CN1CCCC1. The molecule has 1 fully saturated rings. The Kier molecular flexibility index (Phi) is 5.11. The molecule has 1 aliphatic heterocycles. The summed E-state index contributed by atoms with van der Waals surface area (Å²) < 4.78 is 0. The largest absolute Gasteiger partial charge is 0.390 e. The maximum atomic E-state index is 9.94. The minimum Gasteiger partial charge on any atom is -0.390 e. The number of hydrogen-bond donors (Lipinski definition) is 2. The van der Waals surface area contributed by atoms with Crippen LogP contribution in [0, 0.1) is 6.92 Å². The molecule has 2 rings (SSSR count). The van der Waals surface area contributed by atoms with Gasteiger partial charge in [-0.15, -0.1) is 0 Å². The summed E-state index contributed by atoms with van der Waals surface area (Å²) in [6.45, 7) is 6.50. The lowest BCUT2D eigenvalue weighted by molar-refractivity contribution is 0.123. The molecule has 0 aromatic carbocycles. The van der Waals surface area contributed by atoms with Gasteiger partial charge in [0.1, 0.15) is 0 Å². The first kappa shape index (κ1) is 13.5. The van der Waals surface area contributed by atoms with Gasteiger partial charge in [0.25, 0.3) is 0 Å². The standard InChI is InChI=1S/C14H23N3O/c1-12-13(5-4-6-16-12)9-15-10-14(18)11-17-7-2-3-8-17/h4-6,14-15,18H,2-3,7-11H2,1H3. The molecule has 0 aliphatic carbocycles. The molecular formula is C14H23N3O. The zero-order valence-corrected chi connectivity index (χ0v) is 11.1. The third-order valence-corrected chi connectivity index (χ3v) is 3.48. The van der Waals surface area contributed by atoms with Crippen LogP contribution < -0.4 is 5.32 Å². The van der Waals surface area contributed by atoms with Crippen molar-refractivity contribution in [2.24, 2.45) is 0 Å². The van der Waals surface area contributed by atoms with Gasteiger partial charge in [0, 0.05) is 31.5 Å². The van der Waals surface area contributed by atoms with Gasteiger partial charge in [0.05, 0.1) is 6.10 Å². The second kappa shape index (κ2) is 6.83. The molecule has 2 heterocycles. The Bertz CT molecular complexity index is 364. The number of pyridine rings is 1. The molecule has 1 aliphatic rings. The highest BCUT2D eigenvalue weighted by molar-refractivity contribution is 5.17. The van der Waals surface area contributed by atoms with E-state index in [9.17, 15) is 5.11 Å². The van der Waals surface area contributed by atoms with Crippen molar-refractivity contribution in [1.82, 2.24) is 15.2 Å². The summed E-state index contributed by atoms with van der Waals surface area (Å²) in [5, 5.41) is 13.2. The molecule has 0 amide bonds. The number of rotatable bonds is 6. The quantitative estimate of drug-likeness (QED) is 0.787. The van der Waals surface area contributed by atoms with Crippen LogP contribution in [0.15, 0.2) is 18.3 Å². The van der Waals surface area contributed by atoms with Gasteiger partial charge < -0.3 is 15.3 Å². The molecule has 1 unspecified atom stereocenters. The van der Waals surface area contributed by atoms with Crippen molar-refractivity contribution in [3.05, 3.63) is 29.6 Å². The number of aromatic nitrogens is 1. The third-order valence-electron chi connectivity index (χ3n) is 3.48. The second-order valence-electron chi connectivity index (χ2n) is 5.04. The van der Waals surface area contributed by atoms with Gasteiger partial charge in [0.2, 0.25) is 0 Å². The minimum absolute atomic E-state index is 0.278. The number of hydrogen-bond acceptors (Lipinski definition) is 4. The third kappa shape index (κ3) is 4.05. The normalized spacial score (nSPS) is 18.1. The van der Waals surface area contributed by atoms with Crippen molar-refractivity contribution in [1.29, 1.82) is 0 Å². The first-order valence-corrected chi connectivity index (χ1v) is 6.77. The van der Waals surface area contributed by atoms with E-state index < -0.39 is 0 Å². The van der Waals surface area contributed by atoms with Gasteiger partial charge in [0.15, 0.2) is 0 Å². The Hall–Kier alpha value is -0.970. The second-order valence-corrected chi connectivity index (χ2v) is 5.04. The van der Waals surface area contributed by atoms with Crippen molar-refractivity contribution >= 4 is 0 Å². The first-order valence-electron chi connectivity index (χ1n) is 6.77. The molecule has 100 valence electrons. The zero-order chi connectivity index (χ0) is 12.8. The van der Waals surface area contributed by atoms with E-state index in [-0.39, 0.29) is 6.10 Å². The maximum Gasteiger partial charge on any atom is 0.0791 e. The van der Waals surface area contributed by atoms with Crippen LogP contribution in [-0.2, 0) is 6.54 Å². The van der Waals surface area contributed by atoms with Gasteiger partial charge in [-0.25, -0.2) is 0 Å². The number of aryl methyl sites for hydroxylation is 1. The van der Waals surface area contributed by atoms with Crippen LogP contribution in [0.5, 0.6) is 0 Å². The van der Waals surface area contributed by atoms with E-state index in [0.717, 1.165) is 31.9 Å². The monoisotopic (exact) mass is 249 g/mol. The minimum atomic E-state index is -0.278. The molecule has 4 heteroatoms. The number of likely N-dealkylation sites (tertiary alicyclic amines) is 1. The average molecular weight is 249 g/mol. The van der Waals surface area contributed by atoms with Gasteiger partial charge in [-0.2, -0.15) is 0 Å². The molecular weight excluding hydrogens is 226 g/mol. The van der Waals surface area contributed by atoms with E-state index in [1.807, 2.05) is 13.0 Å². The van der Waals surface area contributed by atoms with E-state index in [4.69, 9.17) is 0 Å². The smallest absolute Gasteiger partial charge is 0.0791 e. The molecule has 0 saturated carbocycles. The highest BCUT2D eigenvalue weighted by Gasteiger charge is 2.15. The van der Waals surface area contributed by atoms with Gasteiger partial charge in [-0.3, -0.25) is 4.98 Å². The summed E-state index contributed by atoms with van der Waals surface area (Å²) in [4.78, 5) is 6.58. The molecule has 1 saturated heterocycles. The lowest BCUT2D eigenvalue weighted by Crippen LogP contribution is -2.36. The van der Waals surface area contributed by atoms with Crippen LogP contribution in [0.2, 0.25) is 0 Å². The Balaban J connectivity index is 1.67. The Labute approximate surface area is 109 Å². The number of nitrogens with zero attached hydrogens (tertiary/aromatic N) is 2. The van der Waals surface area contributed by atoms with Crippen LogP contribution in [0.1, 0.15) is 24.1 Å². The molecule has 1 aromatic rings. The highest BCUT2D eigenvalue weighted by Crippen LogP contribution is 2.07. The molecule has 1 aromatic heterocycles. The summed E-state index contributed by atoms with van der Waals surface area (Å²) in [6.07, 6.45) is 4.07. The Morgan fingerprint density at radius 3 is 2.94 bits per heavy atom. The van der Waals surface area contributed by atoms with Crippen molar-refractivity contribution in [3.8, 4) is 0 Å². The first-order chi connectivity index (χ1) is 8.75. The lowest BCUT2D eigenvalue weighted by Gasteiger charge is -2.19. The van der Waals surface area contributed by atoms with E-state index >= 15 is 0 Å². The molecule has 0 bridgehead atoms. The van der Waals surface area contributed by atoms with Crippen LogP contribution in [0.4, 0.5) is 0 Å². The van der Waals surface area contributed by atoms with Crippen LogP contribution in [-0.4, -0.2) is 47.3 Å². The lowest BCUT2D eigenvalue weighted by atomic mass is 10.2. The molecule has 18 heavy (non-hydrogen) atoms. The predicted molar refractivity (Wildman–Crippen MR) is 72.4 cm³/mol. The van der Waals surface area contributed by atoms with Gasteiger partial charge in [-0.1, -0.05) is 6.07 Å². The summed E-state index contributed by atoms with van der Waals surface area (Å²) in [5.74, 6) is 0. The number of nitrogens with one attached hydrogen (secondary N) is 1. The molecule has 0 radical (unpaired) electrons. The molecule has 0 spiro atoms. The average Bonchev–Trinajstić information content (AvgIpc) is 2.84. The molecule has 1 atom stereocenters. The van der Waals surface area contributed by atoms with Crippen molar-refractivity contribution in [3.63, 3.8) is 0 Å². The number of β-amino-alcohol motifs (C(OH)–C–C–N with tert-alkyl or cyclic N) is 1. The van der Waals surface area contributed by atoms with E-state index in [1.165, 1.54) is 18.4 Å². The van der Waals surface area contributed by atoms with Crippen molar-refractivity contribution in [2.75, 3.05) is 26.2 Å². The zero-order valence-electron chi connectivity index (χ0n) is 11.1. The van der Waals surface area contributed by atoms with Gasteiger partial charge in [-0.05, 0) is 44.5 Å². The van der Waals surface area contributed by atoms with Crippen LogP contribution in [0.3, 0.4) is 0 Å². The van der Waals surface area contributed by atoms with E-state index in [1.54, 1.807) is 6.20 Å². The topological polar surface area (TPSA) is 48.4 Å². The van der Waals surface area contributed by atoms with Crippen LogP contribution in [0.25, 0.3) is 0 Å². The van der Waals surface area contributed by atoms with Crippen LogP contribution >= 0.6 is 0 Å². The Morgan fingerprint density at radius 2 is 2.22 bits per heavy atom. The maximum absolute atomic E-state index is 9.94. The summed E-state index contributed by atoms with van der Waals surface area (Å²) >= 11 is 0. The highest BCUT2D eigenvalue weighted by atomic mass is 16.3. The fraction of sp³-hybridized carbons (Fsp3) is 0.643. The number of aliphatic hydroxyl groups excluding tert-OH is 1. The summed E-state index contributed by atoms with van der Waals surface area (Å²) in [6, 6.07) is 4.02. The Morgan fingerprint density at radius 1 is 1.44 bits per heavy atom. The van der Waals surface area contributed by atoms with Crippen molar-refractivity contribution in [2.45, 2.75) is 32.4 Å². The summed E-state index contributed by atoms with van der Waals surface area (Å²) in [7, 11) is 0. The fourth-order valence-corrected chi connectivity index (χ4v) is 2.41. The fourth-order valence-electron chi connectivity index (χ4n) is 2.41. The summed E-state index contributed by atoms with van der Waals surface area (Å²) in [5.41, 5.74) is 2.25.